The Morgan fingerprint density at radius 3 is 3.20 bits per heavy atom. The van der Waals surface area contributed by atoms with E-state index >= 15 is 0 Å². The standard InChI is InChI=1S/C15H19NO3S/c1-2-12-11-16(8-10-19-12)15(18)14-7-6-13(20-14)5-3-4-9-17/h6-7,12,17H,2,4,8-11H2,1H3. The van der Waals surface area contributed by atoms with E-state index < -0.39 is 0 Å². The second kappa shape index (κ2) is 7.44. The number of ether oxygens (including phenoxy) is 1. The summed E-state index contributed by atoms with van der Waals surface area (Å²) in [6.07, 6.45) is 1.53. The largest absolute Gasteiger partial charge is 0.395 e. The molecule has 0 aromatic carbocycles. The van der Waals surface area contributed by atoms with Crippen LogP contribution in [0.1, 0.15) is 34.3 Å². The summed E-state index contributed by atoms with van der Waals surface area (Å²) in [7, 11) is 0. The fourth-order valence-electron chi connectivity index (χ4n) is 2.03. The summed E-state index contributed by atoms with van der Waals surface area (Å²) in [4.78, 5) is 15.8. The molecule has 108 valence electrons. The zero-order chi connectivity index (χ0) is 14.4. The molecule has 0 bridgehead atoms. The average Bonchev–Trinajstić information content (AvgIpc) is 2.95. The summed E-state index contributed by atoms with van der Waals surface area (Å²) in [5, 5.41) is 8.68. The SMILES string of the molecule is CCC1CN(C(=O)c2ccc(C#CCCO)s2)CCO1. The van der Waals surface area contributed by atoms with Crippen LogP contribution in [0.2, 0.25) is 0 Å². The maximum absolute atomic E-state index is 12.4. The highest BCUT2D eigenvalue weighted by atomic mass is 32.1. The summed E-state index contributed by atoms with van der Waals surface area (Å²) in [6.45, 7) is 4.06. The summed E-state index contributed by atoms with van der Waals surface area (Å²) in [5.41, 5.74) is 0. The highest BCUT2D eigenvalue weighted by molar-refractivity contribution is 7.14. The number of hydrogen-bond acceptors (Lipinski definition) is 4. The predicted molar refractivity (Wildman–Crippen MR) is 78.8 cm³/mol. The lowest BCUT2D eigenvalue weighted by Crippen LogP contribution is -2.45. The van der Waals surface area contributed by atoms with Gasteiger partial charge in [-0.1, -0.05) is 18.8 Å². The van der Waals surface area contributed by atoms with Crippen LogP contribution >= 0.6 is 11.3 Å². The number of rotatable bonds is 3. The van der Waals surface area contributed by atoms with E-state index in [9.17, 15) is 4.79 Å². The molecular weight excluding hydrogens is 274 g/mol. The molecule has 0 aliphatic carbocycles. The fraction of sp³-hybridized carbons (Fsp3) is 0.533. The third-order valence-electron chi connectivity index (χ3n) is 3.15. The molecule has 1 fully saturated rings. The predicted octanol–water partition coefficient (Wildman–Crippen LogP) is 1.73. The van der Waals surface area contributed by atoms with Crippen molar-refractivity contribution in [2.75, 3.05) is 26.3 Å². The van der Waals surface area contributed by atoms with Gasteiger partial charge < -0.3 is 14.7 Å². The molecule has 4 nitrogen and oxygen atoms in total. The lowest BCUT2D eigenvalue weighted by molar-refractivity contribution is -0.0224. The van der Waals surface area contributed by atoms with Gasteiger partial charge in [-0.15, -0.1) is 11.3 Å². The molecule has 1 aromatic heterocycles. The first-order valence-electron chi connectivity index (χ1n) is 6.85. The van der Waals surface area contributed by atoms with Crippen molar-refractivity contribution >= 4 is 17.2 Å². The Morgan fingerprint density at radius 1 is 1.60 bits per heavy atom. The zero-order valence-electron chi connectivity index (χ0n) is 11.6. The Kier molecular flexibility index (Phi) is 5.60. The van der Waals surface area contributed by atoms with Crippen molar-refractivity contribution in [2.45, 2.75) is 25.9 Å². The third kappa shape index (κ3) is 3.83. The first-order chi connectivity index (χ1) is 9.74. The van der Waals surface area contributed by atoms with Gasteiger partial charge in [-0.05, 0) is 18.6 Å². The van der Waals surface area contributed by atoms with Gasteiger partial charge in [0.05, 0.1) is 29.1 Å². The molecule has 0 saturated carbocycles. The first-order valence-corrected chi connectivity index (χ1v) is 7.66. The van der Waals surface area contributed by atoms with E-state index in [-0.39, 0.29) is 18.6 Å². The van der Waals surface area contributed by atoms with Gasteiger partial charge in [-0.2, -0.15) is 0 Å². The number of thiophene rings is 1. The molecule has 1 aliphatic heterocycles. The lowest BCUT2D eigenvalue weighted by Gasteiger charge is -2.32. The molecule has 1 atom stereocenters. The topological polar surface area (TPSA) is 49.8 Å². The number of nitrogens with zero attached hydrogens (tertiary/aromatic N) is 1. The van der Waals surface area contributed by atoms with Gasteiger partial charge in [0.25, 0.3) is 5.91 Å². The maximum atomic E-state index is 12.4. The highest BCUT2D eigenvalue weighted by Gasteiger charge is 2.24. The van der Waals surface area contributed by atoms with Crippen LogP contribution in [0.4, 0.5) is 0 Å². The Balaban J connectivity index is 2.01. The van der Waals surface area contributed by atoms with Crippen LogP contribution in [0.25, 0.3) is 0 Å². The van der Waals surface area contributed by atoms with Gasteiger partial charge in [0.2, 0.25) is 0 Å². The molecule has 1 amide bonds. The van der Waals surface area contributed by atoms with E-state index in [4.69, 9.17) is 9.84 Å². The van der Waals surface area contributed by atoms with Gasteiger partial charge in [-0.3, -0.25) is 4.79 Å². The lowest BCUT2D eigenvalue weighted by atomic mass is 10.2. The molecule has 2 heterocycles. The molecule has 1 unspecified atom stereocenters. The maximum Gasteiger partial charge on any atom is 0.264 e. The third-order valence-corrected chi connectivity index (χ3v) is 4.14. The minimum Gasteiger partial charge on any atom is -0.395 e. The van der Waals surface area contributed by atoms with Crippen molar-refractivity contribution in [3.8, 4) is 11.8 Å². The van der Waals surface area contributed by atoms with E-state index in [1.165, 1.54) is 11.3 Å². The number of carbonyl (C=O) groups excluding carboxylic acids is 1. The zero-order valence-corrected chi connectivity index (χ0v) is 12.4. The number of amides is 1. The molecule has 2 rings (SSSR count). The molecule has 1 saturated heterocycles. The van der Waals surface area contributed by atoms with Crippen LogP contribution in [0.3, 0.4) is 0 Å². The first kappa shape index (κ1) is 15.0. The summed E-state index contributed by atoms with van der Waals surface area (Å²) in [5.74, 6) is 5.88. The molecule has 5 heteroatoms. The van der Waals surface area contributed by atoms with Crippen LogP contribution in [0.5, 0.6) is 0 Å². The van der Waals surface area contributed by atoms with Gasteiger partial charge in [0, 0.05) is 19.5 Å². The van der Waals surface area contributed by atoms with Crippen LogP contribution in [-0.4, -0.2) is 48.3 Å². The Hall–Kier alpha value is -1.35. The van der Waals surface area contributed by atoms with Crippen LogP contribution in [0.15, 0.2) is 12.1 Å². The van der Waals surface area contributed by atoms with E-state index in [2.05, 4.69) is 18.8 Å². The molecule has 0 spiro atoms. The van der Waals surface area contributed by atoms with Gasteiger partial charge in [-0.25, -0.2) is 0 Å². The second-order valence-corrected chi connectivity index (χ2v) is 5.68. The average molecular weight is 293 g/mol. The molecule has 1 aromatic rings. The van der Waals surface area contributed by atoms with Crippen LogP contribution < -0.4 is 0 Å². The Labute approximate surface area is 123 Å². The Morgan fingerprint density at radius 2 is 2.45 bits per heavy atom. The quantitative estimate of drug-likeness (QED) is 0.864. The molecule has 1 N–H and O–H groups in total. The smallest absolute Gasteiger partial charge is 0.264 e. The van der Waals surface area contributed by atoms with E-state index in [0.717, 1.165) is 16.2 Å². The van der Waals surface area contributed by atoms with Crippen molar-refractivity contribution in [2.24, 2.45) is 0 Å². The van der Waals surface area contributed by atoms with Gasteiger partial charge in [0.15, 0.2) is 0 Å². The minimum absolute atomic E-state index is 0.0620. The summed E-state index contributed by atoms with van der Waals surface area (Å²) in [6, 6.07) is 3.69. The number of aliphatic hydroxyl groups excluding tert-OH is 1. The van der Waals surface area contributed by atoms with E-state index in [0.29, 0.717) is 26.1 Å². The molecule has 0 radical (unpaired) electrons. The van der Waals surface area contributed by atoms with Crippen molar-refractivity contribution in [1.82, 2.24) is 4.90 Å². The van der Waals surface area contributed by atoms with Crippen molar-refractivity contribution in [1.29, 1.82) is 0 Å². The normalized spacial score (nSPS) is 18.5. The van der Waals surface area contributed by atoms with Crippen molar-refractivity contribution < 1.29 is 14.6 Å². The van der Waals surface area contributed by atoms with E-state index in [1.54, 1.807) is 0 Å². The van der Waals surface area contributed by atoms with Gasteiger partial charge >= 0.3 is 0 Å². The minimum atomic E-state index is 0.0620. The Bertz CT molecular complexity index is 515. The van der Waals surface area contributed by atoms with Crippen molar-refractivity contribution in [3.63, 3.8) is 0 Å². The number of aliphatic hydroxyl groups is 1. The van der Waals surface area contributed by atoms with Crippen molar-refractivity contribution in [3.05, 3.63) is 21.9 Å². The monoisotopic (exact) mass is 293 g/mol. The summed E-state index contributed by atoms with van der Waals surface area (Å²) < 4.78 is 5.58. The number of carbonyl (C=O) groups is 1. The van der Waals surface area contributed by atoms with Gasteiger partial charge in [0.1, 0.15) is 0 Å². The molecule has 20 heavy (non-hydrogen) atoms. The van der Waals surface area contributed by atoms with Crippen LogP contribution in [0, 0.1) is 11.8 Å². The van der Waals surface area contributed by atoms with E-state index in [1.807, 2.05) is 17.0 Å². The molecule has 1 aliphatic rings. The number of morpholine rings is 1. The second-order valence-electron chi connectivity index (χ2n) is 4.59. The summed E-state index contributed by atoms with van der Waals surface area (Å²) >= 11 is 1.41. The highest BCUT2D eigenvalue weighted by Crippen LogP contribution is 2.19. The van der Waals surface area contributed by atoms with Crippen LogP contribution in [-0.2, 0) is 4.74 Å². The number of hydrogen-bond donors (Lipinski definition) is 1. The fourth-order valence-corrected chi connectivity index (χ4v) is 2.88. The molecular formula is C15H19NO3S.